The fourth-order valence-corrected chi connectivity index (χ4v) is 1.33. The molecule has 0 aromatic heterocycles. The summed E-state index contributed by atoms with van der Waals surface area (Å²) in [5.41, 5.74) is 0. The Morgan fingerprint density at radius 1 is 0.750 bits per heavy atom. The molecule has 4 atom stereocenters. The number of hydrogen-bond acceptors (Lipinski definition) is 4. The van der Waals surface area contributed by atoms with E-state index in [1.807, 2.05) is 0 Å². The van der Waals surface area contributed by atoms with Crippen molar-refractivity contribution in [2.24, 2.45) is 0 Å². The van der Waals surface area contributed by atoms with Crippen LogP contribution in [-0.4, -0.2) is 35.9 Å². The number of thiol groups is 2. The highest BCUT2D eigenvalue weighted by Gasteiger charge is 2.13. The monoisotopic (exact) mass is 266 g/mol. The Hall–Kier alpha value is 0.620. The molecule has 0 aromatic rings. The van der Waals surface area contributed by atoms with Crippen LogP contribution < -0.4 is 0 Å². The van der Waals surface area contributed by atoms with E-state index in [1.165, 1.54) is 0 Å². The van der Waals surface area contributed by atoms with Gasteiger partial charge in [0.25, 0.3) is 0 Å². The minimum atomic E-state index is 0.141. The molecule has 0 fully saturated rings. The summed E-state index contributed by atoms with van der Waals surface area (Å²) in [4.78, 5) is 0. The molecule has 98 valence electrons. The summed E-state index contributed by atoms with van der Waals surface area (Å²) in [5.74, 6) is 0. The molecule has 0 heterocycles. The second kappa shape index (κ2) is 9.63. The van der Waals surface area contributed by atoms with E-state index in [4.69, 9.17) is 9.47 Å². The Kier molecular flexibility index (Phi) is 10.0. The third-order valence-electron chi connectivity index (χ3n) is 2.49. The standard InChI is InChI=1S/C12H26O2S2/c1-9(15)5-7-13-11(3)12(4)14-8-6-10(2)16/h9-12,15-16H,5-8H2,1-4H3. The normalized spacial score (nSPS) is 19.1. The van der Waals surface area contributed by atoms with Crippen LogP contribution in [-0.2, 0) is 9.47 Å². The molecule has 0 aliphatic heterocycles. The molecule has 4 unspecified atom stereocenters. The van der Waals surface area contributed by atoms with Crippen molar-refractivity contribution in [1.29, 1.82) is 0 Å². The molecule has 0 rings (SSSR count). The Morgan fingerprint density at radius 3 is 1.31 bits per heavy atom. The zero-order valence-corrected chi connectivity index (χ0v) is 12.6. The summed E-state index contributed by atoms with van der Waals surface area (Å²) in [5, 5.41) is 0.793. The van der Waals surface area contributed by atoms with Gasteiger partial charge in [0.1, 0.15) is 0 Å². The summed E-state index contributed by atoms with van der Waals surface area (Å²) in [6.45, 7) is 9.76. The fourth-order valence-electron chi connectivity index (χ4n) is 1.12. The van der Waals surface area contributed by atoms with Crippen LogP contribution in [0.2, 0.25) is 0 Å². The first-order valence-electron chi connectivity index (χ1n) is 6.02. The van der Waals surface area contributed by atoms with Gasteiger partial charge in [0, 0.05) is 23.7 Å². The third-order valence-corrected chi connectivity index (χ3v) is 3.01. The Labute approximate surface area is 111 Å². The van der Waals surface area contributed by atoms with Crippen LogP contribution in [0.3, 0.4) is 0 Å². The second-order valence-electron chi connectivity index (χ2n) is 4.43. The summed E-state index contributed by atoms with van der Waals surface area (Å²) < 4.78 is 11.4. The molecule has 0 radical (unpaired) electrons. The second-order valence-corrected chi connectivity index (χ2v) is 6.19. The third kappa shape index (κ3) is 9.82. The molecular weight excluding hydrogens is 240 g/mol. The molecule has 16 heavy (non-hydrogen) atoms. The quantitative estimate of drug-likeness (QED) is 0.624. The highest BCUT2D eigenvalue weighted by Crippen LogP contribution is 2.08. The molecule has 0 aliphatic rings. The maximum atomic E-state index is 5.68. The van der Waals surface area contributed by atoms with Crippen LogP contribution in [0.15, 0.2) is 0 Å². The Bertz CT molecular complexity index is 145. The molecule has 0 N–H and O–H groups in total. The topological polar surface area (TPSA) is 18.5 Å². The first-order chi connectivity index (χ1) is 7.43. The number of rotatable bonds is 9. The molecule has 0 bridgehead atoms. The Balaban J connectivity index is 3.52. The lowest BCUT2D eigenvalue weighted by atomic mass is 10.2. The predicted molar refractivity (Wildman–Crippen MR) is 77.0 cm³/mol. The predicted octanol–water partition coefficient (Wildman–Crippen LogP) is 3.21. The minimum Gasteiger partial charge on any atom is -0.376 e. The van der Waals surface area contributed by atoms with Gasteiger partial charge in [0.2, 0.25) is 0 Å². The summed E-state index contributed by atoms with van der Waals surface area (Å²) in [6, 6.07) is 0. The lowest BCUT2D eigenvalue weighted by Crippen LogP contribution is -2.27. The molecule has 2 nitrogen and oxygen atoms in total. The van der Waals surface area contributed by atoms with E-state index in [1.54, 1.807) is 0 Å². The molecule has 0 saturated carbocycles. The van der Waals surface area contributed by atoms with Gasteiger partial charge in [0.15, 0.2) is 0 Å². The number of hydrogen-bond donors (Lipinski definition) is 2. The van der Waals surface area contributed by atoms with Crippen LogP contribution in [0.5, 0.6) is 0 Å². The molecule has 0 amide bonds. The number of ether oxygens (including phenoxy) is 2. The molecular formula is C12H26O2S2. The van der Waals surface area contributed by atoms with E-state index < -0.39 is 0 Å². The maximum absolute atomic E-state index is 5.68. The lowest BCUT2D eigenvalue weighted by molar-refractivity contribution is -0.0569. The highest BCUT2D eigenvalue weighted by molar-refractivity contribution is 7.81. The summed E-state index contributed by atoms with van der Waals surface area (Å²) >= 11 is 8.62. The van der Waals surface area contributed by atoms with Crippen LogP contribution in [0.1, 0.15) is 40.5 Å². The lowest BCUT2D eigenvalue weighted by Gasteiger charge is -2.21. The van der Waals surface area contributed by atoms with E-state index in [9.17, 15) is 0 Å². The average molecular weight is 266 g/mol. The van der Waals surface area contributed by atoms with E-state index in [0.717, 1.165) is 26.1 Å². The molecule has 0 aliphatic carbocycles. The fraction of sp³-hybridized carbons (Fsp3) is 1.00. The average Bonchev–Trinajstić information content (AvgIpc) is 2.16. The van der Waals surface area contributed by atoms with Crippen molar-refractivity contribution >= 4 is 25.3 Å². The van der Waals surface area contributed by atoms with Crippen molar-refractivity contribution in [3.8, 4) is 0 Å². The molecule has 0 aromatic carbocycles. The summed E-state index contributed by atoms with van der Waals surface area (Å²) in [6.07, 6.45) is 2.24. The van der Waals surface area contributed by atoms with Gasteiger partial charge in [-0.25, -0.2) is 0 Å². The van der Waals surface area contributed by atoms with Crippen molar-refractivity contribution in [1.82, 2.24) is 0 Å². The first kappa shape index (κ1) is 16.6. The van der Waals surface area contributed by atoms with Crippen LogP contribution in [0.4, 0.5) is 0 Å². The highest BCUT2D eigenvalue weighted by atomic mass is 32.1. The zero-order chi connectivity index (χ0) is 12.6. The minimum absolute atomic E-state index is 0.141. The SMILES string of the molecule is CC(S)CCOC(C)C(C)OCCC(C)S. The maximum Gasteiger partial charge on any atom is 0.0805 e. The van der Waals surface area contributed by atoms with Crippen LogP contribution in [0.25, 0.3) is 0 Å². The van der Waals surface area contributed by atoms with Crippen molar-refractivity contribution in [3.05, 3.63) is 0 Å². The zero-order valence-electron chi connectivity index (χ0n) is 10.8. The van der Waals surface area contributed by atoms with Crippen LogP contribution in [0, 0.1) is 0 Å². The van der Waals surface area contributed by atoms with Crippen molar-refractivity contribution in [2.75, 3.05) is 13.2 Å². The van der Waals surface area contributed by atoms with Gasteiger partial charge < -0.3 is 9.47 Å². The van der Waals surface area contributed by atoms with Gasteiger partial charge in [0.05, 0.1) is 12.2 Å². The molecule has 4 heteroatoms. The van der Waals surface area contributed by atoms with Crippen molar-refractivity contribution < 1.29 is 9.47 Å². The van der Waals surface area contributed by atoms with Gasteiger partial charge in [-0.15, -0.1) is 0 Å². The smallest absolute Gasteiger partial charge is 0.0805 e. The van der Waals surface area contributed by atoms with Gasteiger partial charge in [-0.2, -0.15) is 25.3 Å². The van der Waals surface area contributed by atoms with Gasteiger partial charge in [-0.3, -0.25) is 0 Å². The summed E-state index contributed by atoms with van der Waals surface area (Å²) in [7, 11) is 0. The largest absolute Gasteiger partial charge is 0.376 e. The van der Waals surface area contributed by atoms with Gasteiger partial charge in [-0.1, -0.05) is 13.8 Å². The van der Waals surface area contributed by atoms with E-state index >= 15 is 0 Å². The van der Waals surface area contributed by atoms with Gasteiger partial charge in [-0.05, 0) is 26.7 Å². The van der Waals surface area contributed by atoms with Crippen molar-refractivity contribution in [3.63, 3.8) is 0 Å². The van der Waals surface area contributed by atoms with Crippen LogP contribution >= 0.6 is 25.3 Å². The Morgan fingerprint density at radius 2 is 1.06 bits per heavy atom. The molecule has 0 spiro atoms. The van der Waals surface area contributed by atoms with E-state index in [2.05, 4.69) is 53.0 Å². The van der Waals surface area contributed by atoms with Gasteiger partial charge >= 0.3 is 0 Å². The van der Waals surface area contributed by atoms with E-state index in [-0.39, 0.29) is 12.2 Å². The molecule has 0 saturated heterocycles. The van der Waals surface area contributed by atoms with E-state index in [0.29, 0.717) is 10.5 Å². The van der Waals surface area contributed by atoms with Crippen molar-refractivity contribution in [2.45, 2.75) is 63.2 Å². The first-order valence-corrected chi connectivity index (χ1v) is 7.06.